The van der Waals surface area contributed by atoms with Crippen molar-refractivity contribution in [3.8, 4) is 11.5 Å². The molecule has 5 nitrogen and oxygen atoms in total. The Kier molecular flexibility index (Phi) is 4.42. The summed E-state index contributed by atoms with van der Waals surface area (Å²) in [7, 11) is 1.73. The monoisotopic (exact) mass is 294 g/mol. The van der Waals surface area contributed by atoms with E-state index in [0.29, 0.717) is 23.2 Å². The van der Waals surface area contributed by atoms with E-state index in [0.717, 1.165) is 5.56 Å². The van der Waals surface area contributed by atoms with Crippen molar-refractivity contribution in [2.45, 2.75) is 19.5 Å². The molecule has 0 aliphatic rings. The molecule has 0 amide bonds. The minimum Gasteiger partial charge on any atom is -0.480 e. The van der Waals surface area contributed by atoms with Gasteiger partial charge in [-0.15, -0.1) is 0 Å². The van der Waals surface area contributed by atoms with E-state index in [1.54, 1.807) is 31.0 Å². The maximum absolute atomic E-state index is 10.9. The molecule has 0 aliphatic heterocycles. The van der Waals surface area contributed by atoms with Gasteiger partial charge in [0.25, 0.3) is 0 Å². The Morgan fingerprint density at radius 1 is 1.55 bits per heavy atom. The molecule has 1 unspecified atom stereocenters. The first-order chi connectivity index (χ1) is 9.47. The molecule has 2 aromatic rings. The standard InChI is InChI=1S/C14H15ClN2O3/c1-9(14(18)19)17(2)7-12-8-20-13(16-12)10-4-3-5-11(15)6-10/h3-6,8-9H,7H2,1-2H3,(H,18,19). The number of hydrogen-bond donors (Lipinski definition) is 1. The number of carboxylic acids is 1. The number of halogens is 1. The fourth-order valence-electron chi connectivity index (χ4n) is 1.71. The third-order valence-electron chi connectivity index (χ3n) is 3.05. The highest BCUT2D eigenvalue weighted by molar-refractivity contribution is 6.30. The summed E-state index contributed by atoms with van der Waals surface area (Å²) >= 11 is 5.92. The Balaban J connectivity index is 2.11. The molecule has 6 heteroatoms. The highest BCUT2D eigenvalue weighted by Crippen LogP contribution is 2.22. The van der Waals surface area contributed by atoms with Crippen LogP contribution in [0.5, 0.6) is 0 Å². The van der Waals surface area contributed by atoms with Gasteiger partial charge in [0.1, 0.15) is 12.3 Å². The van der Waals surface area contributed by atoms with Gasteiger partial charge in [0.2, 0.25) is 5.89 Å². The smallest absolute Gasteiger partial charge is 0.320 e. The van der Waals surface area contributed by atoms with Gasteiger partial charge < -0.3 is 9.52 Å². The van der Waals surface area contributed by atoms with E-state index in [9.17, 15) is 4.79 Å². The van der Waals surface area contributed by atoms with Gasteiger partial charge in [-0.25, -0.2) is 4.98 Å². The number of aliphatic carboxylic acids is 1. The van der Waals surface area contributed by atoms with Crippen LogP contribution in [0.4, 0.5) is 0 Å². The van der Waals surface area contributed by atoms with Crippen molar-refractivity contribution in [2.24, 2.45) is 0 Å². The summed E-state index contributed by atoms with van der Waals surface area (Å²) in [5, 5.41) is 9.55. The average Bonchev–Trinajstić information content (AvgIpc) is 2.86. The first-order valence-corrected chi connectivity index (χ1v) is 6.48. The molecule has 0 bridgehead atoms. The van der Waals surface area contributed by atoms with Gasteiger partial charge in [-0.05, 0) is 32.2 Å². The molecule has 1 aromatic heterocycles. The Morgan fingerprint density at radius 2 is 2.30 bits per heavy atom. The van der Waals surface area contributed by atoms with Crippen LogP contribution in [0.15, 0.2) is 34.9 Å². The van der Waals surface area contributed by atoms with Crippen LogP contribution in [0.3, 0.4) is 0 Å². The highest BCUT2D eigenvalue weighted by Gasteiger charge is 2.18. The van der Waals surface area contributed by atoms with Gasteiger partial charge in [-0.1, -0.05) is 17.7 Å². The lowest BCUT2D eigenvalue weighted by Gasteiger charge is -2.19. The molecule has 1 aromatic carbocycles. The van der Waals surface area contributed by atoms with E-state index in [4.69, 9.17) is 21.1 Å². The van der Waals surface area contributed by atoms with Crippen molar-refractivity contribution < 1.29 is 14.3 Å². The number of rotatable bonds is 5. The number of nitrogens with zero attached hydrogens (tertiary/aromatic N) is 2. The molecular weight excluding hydrogens is 280 g/mol. The third-order valence-corrected chi connectivity index (χ3v) is 3.29. The van der Waals surface area contributed by atoms with E-state index in [1.165, 1.54) is 6.26 Å². The second-order valence-corrected chi connectivity index (χ2v) is 5.02. The fraction of sp³-hybridized carbons (Fsp3) is 0.286. The molecule has 106 valence electrons. The number of hydrogen-bond acceptors (Lipinski definition) is 4. The van der Waals surface area contributed by atoms with Crippen LogP contribution in [0, 0.1) is 0 Å². The predicted octanol–water partition coefficient (Wildman–Crippen LogP) is 2.90. The molecule has 0 spiro atoms. The molecule has 0 saturated carbocycles. The Morgan fingerprint density at radius 3 is 2.95 bits per heavy atom. The normalized spacial score (nSPS) is 12.6. The van der Waals surface area contributed by atoms with E-state index >= 15 is 0 Å². The largest absolute Gasteiger partial charge is 0.480 e. The van der Waals surface area contributed by atoms with Gasteiger partial charge in [0, 0.05) is 17.1 Å². The highest BCUT2D eigenvalue weighted by atomic mass is 35.5. The molecule has 20 heavy (non-hydrogen) atoms. The lowest BCUT2D eigenvalue weighted by atomic mass is 10.2. The van der Waals surface area contributed by atoms with Crippen LogP contribution in [-0.2, 0) is 11.3 Å². The zero-order valence-electron chi connectivity index (χ0n) is 11.2. The minimum absolute atomic E-state index is 0.400. The number of carbonyl (C=O) groups is 1. The molecule has 1 heterocycles. The minimum atomic E-state index is -0.869. The Bertz CT molecular complexity index is 612. The molecule has 1 atom stereocenters. The maximum Gasteiger partial charge on any atom is 0.320 e. The molecule has 0 aliphatic carbocycles. The maximum atomic E-state index is 10.9. The zero-order valence-corrected chi connectivity index (χ0v) is 12.0. The average molecular weight is 295 g/mol. The summed E-state index contributed by atoms with van der Waals surface area (Å²) in [5.41, 5.74) is 1.47. The molecule has 0 radical (unpaired) electrons. The van der Waals surface area contributed by atoms with Gasteiger partial charge in [0.15, 0.2) is 0 Å². The van der Waals surface area contributed by atoms with Crippen molar-refractivity contribution in [1.82, 2.24) is 9.88 Å². The van der Waals surface area contributed by atoms with E-state index in [2.05, 4.69) is 4.98 Å². The number of oxazole rings is 1. The van der Waals surface area contributed by atoms with Crippen molar-refractivity contribution in [1.29, 1.82) is 0 Å². The van der Waals surface area contributed by atoms with E-state index < -0.39 is 12.0 Å². The summed E-state index contributed by atoms with van der Waals surface area (Å²) in [5.74, 6) is -0.398. The summed E-state index contributed by atoms with van der Waals surface area (Å²) in [6, 6.07) is 6.63. The molecule has 1 N–H and O–H groups in total. The lowest BCUT2D eigenvalue weighted by Crippen LogP contribution is -2.35. The summed E-state index contributed by atoms with van der Waals surface area (Å²) in [6.07, 6.45) is 1.53. The Hall–Kier alpha value is -1.85. The summed E-state index contributed by atoms with van der Waals surface area (Å²) in [4.78, 5) is 16.9. The van der Waals surface area contributed by atoms with Crippen molar-refractivity contribution in [3.05, 3.63) is 41.2 Å². The van der Waals surface area contributed by atoms with Crippen LogP contribution >= 0.6 is 11.6 Å². The topological polar surface area (TPSA) is 66.6 Å². The lowest BCUT2D eigenvalue weighted by molar-refractivity contribution is -0.142. The second kappa shape index (κ2) is 6.07. The quantitative estimate of drug-likeness (QED) is 0.918. The number of likely N-dealkylation sites (N-methyl/N-ethyl adjacent to an activating group) is 1. The first-order valence-electron chi connectivity index (χ1n) is 6.11. The van der Waals surface area contributed by atoms with Gasteiger partial charge in [-0.3, -0.25) is 9.69 Å². The number of carboxylic acid groups (broad SMARTS) is 1. The number of aromatic nitrogens is 1. The fourth-order valence-corrected chi connectivity index (χ4v) is 1.90. The summed E-state index contributed by atoms with van der Waals surface area (Å²) in [6.45, 7) is 2.03. The van der Waals surface area contributed by atoms with Crippen LogP contribution in [-0.4, -0.2) is 34.0 Å². The van der Waals surface area contributed by atoms with Gasteiger partial charge >= 0.3 is 5.97 Å². The van der Waals surface area contributed by atoms with Crippen LogP contribution in [0.25, 0.3) is 11.5 Å². The van der Waals surface area contributed by atoms with Gasteiger partial charge in [0.05, 0.1) is 5.69 Å². The Labute approximate surface area is 121 Å². The van der Waals surface area contributed by atoms with Crippen molar-refractivity contribution in [2.75, 3.05) is 7.05 Å². The van der Waals surface area contributed by atoms with Crippen molar-refractivity contribution in [3.63, 3.8) is 0 Å². The van der Waals surface area contributed by atoms with E-state index in [1.807, 2.05) is 12.1 Å². The summed E-state index contributed by atoms with van der Waals surface area (Å²) < 4.78 is 5.40. The first kappa shape index (κ1) is 14.6. The number of benzene rings is 1. The van der Waals surface area contributed by atoms with Crippen LogP contribution in [0.1, 0.15) is 12.6 Å². The van der Waals surface area contributed by atoms with E-state index in [-0.39, 0.29) is 0 Å². The molecule has 0 saturated heterocycles. The van der Waals surface area contributed by atoms with Gasteiger partial charge in [-0.2, -0.15) is 0 Å². The SMILES string of the molecule is CC(C(=O)O)N(C)Cc1coc(-c2cccc(Cl)c2)n1. The predicted molar refractivity (Wildman–Crippen MR) is 75.5 cm³/mol. The molecular formula is C14H15ClN2O3. The zero-order chi connectivity index (χ0) is 14.7. The molecule has 2 rings (SSSR count). The second-order valence-electron chi connectivity index (χ2n) is 4.58. The third kappa shape index (κ3) is 3.37. The van der Waals surface area contributed by atoms with Crippen molar-refractivity contribution >= 4 is 17.6 Å². The van der Waals surface area contributed by atoms with Crippen LogP contribution in [0.2, 0.25) is 5.02 Å². The molecule has 0 fully saturated rings. The van der Waals surface area contributed by atoms with Crippen LogP contribution < -0.4 is 0 Å².